The van der Waals surface area contributed by atoms with E-state index in [1.165, 1.54) is 0 Å². The number of hydrogen-bond acceptors (Lipinski definition) is 4. The number of rotatable bonds is 4. The standard InChI is InChI=1S/C17H19N5O/c23-17-14-7-6-13(10-15(14)21-22-17)19-11-4-5-12(9-11)20-16-3-1-2-8-18-16/h1-3,6-8,10-12,19H,4-5,9H2,(H,18,20)(H2,21,22,23). The first-order chi connectivity index (χ1) is 11.3. The van der Waals surface area contributed by atoms with Gasteiger partial charge in [-0.05, 0) is 49.6 Å². The molecule has 6 nitrogen and oxygen atoms in total. The molecule has 0 saturated heterocycles. The van der Waals surface area contributed by atoms with E-state index in [1.54, 1.807) is 6.20 Å². The smallest absolute Gasteiger partial charge is 0.271 e. The van der Waals surface area contributed by atoms with Crippen LogP contribution in [0.4, 0.5) is 11.5 Å². The van der Waals surface area contributed by atoms with Crippen molar-refractivity contribution in [1.82, 2.24) is 15.2 Å². The van der Waals surface area contributed by atoms with Crippen LogP contribution in [-0.2, 0) is 0 Å². The highest BCUT2D eigenvalue weighted by Crippen LogP contribution is 2.26. The Kier molecular flexibility index (Phi) is 3.49. The third-order valence-corrected chi connectivity index (χ3v) is 4.40. The Hall–Kier alpha value is -2.76. The van der Waals surface area contributed by atoms with Crippen LogP contribution in [0.1, 0.15) is 19.3 Å². The molecule has 1 fully saturated rings. The number of benzene rings is 1. The molecule has 1 aromatic carbocycles. The Bertz CT molecular complexity index is 854. The number of aromatic nitrogens is 3. The lowest BCUT2D eigenvalue weighted by Crippen LogP contribution is -2.21. The molecule has 2 aromatic heterocycles. The van der Waals surface area contributed by atoms with Gasteiger partial charge in [-0.1, -0.05) is 6.07 Å². The minimum atomic E-state index is -0.0768. The fourth-order valence-corrected chi connectivity index (χ4v) is 3.26. The van der Waals surface area contributed by atoms with Crippen molar-refractivity contribution < 1.29 is 0 Å². The second-order valence-corrected chi connectivity index (χ2v) is 6.05. The third-order valence-electron chi connectivity index (χ3n) is 4.40. The Balaban J connectivity index is 1.40. The van der Waals surface area contributed by atoms with E-state index in [1.807, 2.05) is 36.4 Å². The first-order valence-corrected chi connectivity index (χ1v) is 7.92. The van der Waals surface area contributed by atoms with E-state index in [0.717, 1.165) is 36.3 Å². The molecule has 1 aliphatic carbocycles. The molecule has 0 amide bonds. The molecule has 4 rings (SSSR count). The van der Waals surface area contributed by atoms with Gasteiger partial charge < -0.3 is 10.6 Å². The summed E-state index contributed by atoms with van der Waals surface area (Å²) in [5.74, 6) is 0.935. The van der Waals surface area contributed by atoms with E-state index >= 15 is 0 Å². The van der Waals surface area contributed by atoms with Crippen molar-refractivity contribution >= 4 is 22.4 Å². The van der Waals surface area contributed by atoms with E-state index in [0.29, 0.717) is 17.5 Å². The van der Waals surface area contributed by atoms with Gasteiger partial charge in [0, 0.05) is 24.0 Å². The highest BCUT2D eigenvalue weighted by Gasteiger charge is 2.24. The molecule has 3 aromatic rings. The molecule has 0 bridgehead atoms. The van der Waals surface area contributed by atoms with Crippen LogP contribution >= 0.6 is 0 Å². The summed E-state index contributed by atoms with van der Waals surface area (Å²) in [4.78, 5) is 15.8. The maximum Gasteiger partial charge on any atom is 0.271 e. The zero-order valence-electron chi connectivity index (χ0n) is 12.7. The van der Waals surface area contributed by atoms with Crippen LogP contribution in [0.15, 0.2) is 47.4 Å². The Labute approximate surface area is 133 Å². The number of fused-ring (bicyclic) bond motifs is 1. The molecule has 4 N–H and O–H groups in total. The molecule has 118 valence electrons. The summed E-state index contributed by atoms with van der Waals surface area (Å²) in [6, 6.07) is 12.6. The van der Waals surface area contributed by atoms with Gasteiger partial charge in [0.05, 0.1) is 10.9 Å². The molecule has 2 atom stereocenters. The topological polar surface area (TPSA) is 85.6 Å². The molecular weight excluding hydrogens is 290 g/mol. The number of nitrogens with one attached hydrogen (secondary N) is 4. The van der Waals surface area contributed by atoms with Gasteiger partial charge in [-0.2, -0.15) is 0 Å². The average molecular weight is 309 g/mol. The molecule has 2 heterocycles. The van der Waals surface area contributed by atoms with Crippen molar-refractivity contribution in [1.29, 1.82) is 0 Å². The third kappa shape index (κ3) is 2.92. The summed E-state index contributed by atoms with van der Waals surface area (Å²) in [5.41, 5.74) is 1.80. The zero-order valence-corrected chi connectivity index (χ0v) is 12.7. The molecule has 23 heavy (non-hydrogen) atoms. The summed E-state index contributed by atoms with van der Waals surface area (Å²) in [5, 5.41) is 13.2. The number of H-pyrrole nitrogens is 2. The van der Waals surface area contributed by atoms with Gasteiger partial charge in [-0.3, -0.25) is 15.0 Å². The highest BCUT2D eigenvalue weighted by molar-refractivity contribution is 5.81. The fourth-order valence-electron chi connectivity index (χ4n) is 3.26. The van der Waals surface area contributed by atoms with Gasteiger partial charge in [-0.25, -0.2) is 4.98 Å². The van der Waals surface area contributed by atoms with Crippen LogP contribution in [0.3, 0.4) is 0 Å². The van der Waals surface area contributed by atoms with Crippen LogP contribution in [0.5, 0.6) is 0 Å². The summed E-state index contributed by atoms with van der Waals surface area (Å²) >= 11 is 0. The molecule has 0 spiro atoms. The lowest BCUT2D eigenvalue weighted by Gasteiger charge is -2.16. The van der Waals surface area contributed by atoms with E-state index in [-0.39, 0.29) is 5.56 Å². The fraction of sp³-hybridized carbons (Fsp3) is 0.294. The van der Waals surface area contributed by atoms with E-state index < -0.39 is 0 Å². The number of pyridine rings is 1. The average Bonchev–Trinajstić information content (AvgIpc) is 3.15. The van der Waals surface area contributed by atoms with Crippen LogP contribution < -0.4 is 16.2 Å². The first-order valence-electron chi connectivity index (χ1n) is 7.92. The lowest BCUT2D eigenvalue weighted by atomic mass is 10.2. The summed E-state index contributed by atoms with van der Waals surface area (Å²) in [6.07, 6.45) is 5.10. The number of nitrogens with zero attached hydrogens (tertiary/aromatic N) is 1. The van der Waals surface area contributed by atoms with E-state index in [2.05, 4.69) is 25.8 Å². The van der Waals surface area contributed by atoms with Crippen LogP contribution in [-0.4, -0.2) is 27.3 Å². The highest BCUT2D eigenvalue weighted by atomic mass is 16.1. The Morgan fingerprint density at radius 2 is 1.91 bits per heavy atom. The molecular formula is C17H19N5O. The monoisotopic (exact) mass is 309 g/mol. The van der Waals surface area contributed by atoms with Crippen molar-refractivity contribution in [2.24, 2.45) is 0 Å². The van der Waals surface area contributed by atoms with Crippen molar-refractivity contribution in [3.8, 4) is 0 Å². The van der Waals surface area contributed by atoms with Crippen molar-refractivity contribution in [2.75, 3.05) is 10.6 Å². The molecule has 1 saturated carbocycles. The Morgan fingerprint density at radius 1 is 1.04 bits per heavy atom. The number of anilines is 2. The van der Waals surface area contributed by atoms with Crippen LogP contribution in [0.25, 0.3) is 10.9 Å². The first kappa shape index (κ1) is 13.9. The molecule has 0 aliphatic heterocycles. The summed E-state index contributed by atoms with van der Waals surface area (Å²) in [6.45, 7) is 0. The molecule has 0 radical (unpaired) electrons. The minimum Gasteiger partial charge on any atom is -0.382 e. The number of hydrogen-bond donors (Lipinski definition) is 4. The second-order valence-electron chi connectivity index (χ2n) is 6.05. The zero-order chi connectivity index (χ0) is 15.6. The SMILES string of the molecule is O=c1[nH][nH]c2cc(NC3CCC(Nc4ccccn4)C3)ccc12. The van der Waals surface area contributed by atoms with Gasteiger partial charge in [0.25, 0.3) is 5.56 Å². The van der Waals surface area contributed by atoms with Crippen molar-refractivity contribution in [2.45, 2.75) is 31.3 Å². The van der Waals surface area contributed by atoms with Crippen LogP contribution in [0, 0.1) is 0 Å². The van der Waals surface area contributed by atoms with Gasteiger partial charge in [0.15, 0.2) is 0 Å². The molecule has 2 unspecified atom stereocenters. The normalized spacial score (nSPS) is 20.7. The summed E-state index contributed by atoms with van der Waals surface area (Å²) in [7, 11) is 0. The molecule has 1 aliphatic rings. The van der Waals surface area contributed by atoms with E-state index in [9.17, 15) is 4.79 Å². The molecule has 6 heteroatoms. The van der Waals surface area contributed by atoms with Gasteiger partial charge in [0.2, 0.25) is 0 Å². The van der Waals surface area contributed by atoms with Crippen LogP contribution in [0.2, 0.25) is 0 Å². The van der Waals surface area contributed by atoms with Gasteiger partial charge in [-0.15, -0.1) is 0 Å². The second kappa shape index (κ2) is 5.79. The maximum absolute atomic E-state index is 11.5. The Morgan fingerprint density at radius 3 is 2.74 bits per heavy atom. The predicted octanol–water partition coefficient (Wildman–Crippen LogP) is 2.70. The van der Waals surface area contributed by atoms with Crippen molar-refractivity contribution in [3.05, 3.63) is 52.9 Å². The number of aromatic amines is 2. The largest absolute Gasteiger partial charge is 0.382 e. The predicted molar refractivity (Wildman–Crippen MR) is 91.8 cm³/mol. The van der Waals surface area contributed by atoms with Gasteiger partial charge in [0.1, 0.15) is 5.82 Å². The van der Waals surface area contributed by atoms with E-state index in [4.69, 9.17) is 0 Å². The van der Waals surface area contributed by atoms with Gasteiger partial charge >= 0.3 is 0 Å². The van der Waals surface area contributed by atoms with Crippen molar-refractivity contribution in [3.63, 3.8) is 0 Å². The summed E-state index contributed by atoms with van der Waals surface area (Å²) < 4.78 is 0. The lowest BCUT2D eigenvalue weighted by molar-refractivity contribution is 0.723. The minimum absolute atomic E-state index is 0.0768. The maximum atomic E-state index is 11.5. The quantitative estimate of drug-likeness (QED) is 0.597.